The molecule has 2 aromatic rings. The Morgan fingerprint density at radius 2 is 1.48 bits per heavy atom. The van der Waals surface area contributed by atoms with Gasteiger partial charge in [-0.25, -0.2) is 0 Å². The highest BCUT2D eigenvalue weighted by Crippen LogP contribution is 2.46. The lowest BCUT2D eigenvalue weighted by atomic mass is 10.0. The first-order valence-electron chi connectivity index (χ1n) is 8.06. The first-order chi connectivity index (χ1) is 12.0. The van der Waals surface area contributed by atoms with Gasteiger partial charge in [0.15, 0.2) is 0 Å². The van der Waals surface area contributed by atoms with Gasteiger partial charge in [0.1, 0.15) is 5.41 Å². The summed E-state index contributed by atoms with van der Waals surface area (Å²) in [6.07, 6.45) is 1.13. The lowest BCUT2D eigenvalue weighted by molar-refractivity contribution is -0.137. The standard InChI is InChI=1S/C19H18Cl2N2O2/c20-15-7-5-13(6-8-15)11-22-17(24)19(9-10-19)18(25)23-12-14-3-1-2-4-16(14)21/h1-8H,9-12H2,(H,22,24)(H,23,25). The molecule has 1 aliphatic rings. The van der Waals surface area contributed by atoms with Gasteiger partial charge in [-0.05, 0) is 42.2 Å². The summed E-state index contributed by atoms with van der Waals surface area (Å²) >= 11 is 11.9. The molecule has 1 saturated carbocycles. The third-order valence-corrected chi connectivity index (χ3v) is 5.00. The minimum Gasteiger partial charge on any atom is -0.351 e. The van der Waals surface area contributed by atoms with Gasteiger partial charge in [0.25, 0.3) is 0 Å². The fourth-order valence-corrected chi connectivity index (χ4v) is 2.95. The van der Waals surface area contributed by atoms with Gasteiger partial charge in [-0.2, -0.15) is 0 Å². The van der Waals surface area contributed by atoms with E-state index in [0.717, 1.165) is 11.1 Å². The number of amides is 2. The van der Waals surface area contributed by atoms with Crippen molar-refractivity contribution in [3.8, 4) is 0 Å². The van der Waals surface area contributed by atoms with Crippen molar-refractivity contribution in [1.82, 2.24) is 10.6 Å². The smallest absolute Gasteiger partial charge is 0.235 e. The molecule has 3 rings (SSSR count). The topological polar surface area (TPSA) is 58.2 Å². The molecule has 0 aromatic heterocycles. The van der Waals surface area contributed by atoms with Crippen LogP contribution in [0.15, 0.2) is 48.5 Å². The van der Waals surface area contributed by atoms with E-state index in [1.807, 2.05) is 30.3 Å². The van der Waals surface area contributed by atoms with E-state index in [1.54, 1.807) is 18.2 Å². The van der Waals surface area contributed by atoms with Crippen LogP contribution >= 0.6 is 23.2 Å². The number of carbonyl (C=O) groups is 2. The van der Waals surface area contributed by atoms with Crippen LogP contribution in [0.25, 0.3) is 0 Å². The predicted molar refractivity (Wildman–Crippen MR) is 98.3 cm³/mol. The Kier molecular flexibility index (Phi) is 5.30. The first-order valence-corrected chi connectivity index (χ1v) is 8.81. The molecule has 0 unspecified atom stereocenters. The van der Waals surface area contributed by atoms with E-state index in [1.165, 1.54) is 0 Å². The lowest BCUT2D eigenvalue weighted by Crippen LogP contribution is -2.42. The summed E-state index contributed by atoms with van der Waals surface area (Å²) < 4.78 is 0. The van der Waals surface area contributed by atoms with E-state index < -0.39 is 5.41 Å². The Labute approximate surface area is 156 Å². The van der Waals surface area contributed by atoms with Crippen LogP contribution in [0.4, 0.5) is 0 Å². The molecule has 0 atom stereocenters. The molecule has 1 aliphatic carbocycles. The quantitative estimate of drug-likeness (QED) is 0.755. The number of carbonyl (C=O) groups excluding carboxylic acids is 2. The molecule has 0 spiro atoms. The van der Waals surface area contributed by atoms with E-state index in [4.69, 9.17) is 23.2 Å². The van der Waals surface area contributed by atoms with Crippen LogP contribution in [-0.2, 0) is 22.7 Å². The summed E-state index contributed by atoms with van der Waals surface area (Å²) in [4.78, 5) is 24.9. The first kappa shape index (κ1) is 17.8. The summed E-state index contributed by atoms with van der Waals surface area (Å²) in [6.45, 7) is 0.681. The van der Waals surface area contributed by atoms with Crippen LogP contribution in [0.2, 0.25) is 10.0 Å². The van der Waals surface area contributed by atoms with Crippen LogP contribution in [0.3, 0.4) is 0 Å². The third kappa shape index (κ3) is 4.14. The molecule has 2 aromatic carbocycles. The van der Waals surface area contributed by atoms with Crippen LogP contribution in [0, 0.1) is 5.41 Å². The maximum absolute atomic E-state index is 12.5. The zero-order valence-corrected chi connectivity index (χ0v) is 15.0. The van der Waals surface area contributed by atoms with Crippen molar-refractivity contribution in [2.24, 2.45) is 5.41 Å². The predicted octanol–water partition coefficient (Wildman–Crippen LogP) is 3.71. The van der Waals surface area contributed by atoms with Gasteiger partial charge in [0.05, 0.1) is 0 Å². The zero-order chi connectivity index (χ0) is 17.9. The van der Waals surface area contributed by atoms with Crippen molar-refractivity contribution in [1.29, 1.82) is 0 Å². The second-order valence-electron chi connectivity index (χ2n) is 6.17. The number of nitrogens with one attached hydrogen (secondary N) is 2. The summed E-state index contributed by atoms with van der Waals surface area (Å²) in [6, 6.07) is 14.6. The van der Waals surface area contributed by atoms with Gasteiger partial charge in [-0.15, -0.1) is 0 Å². The molecule has 0 heterocycles. The highest BCUT2D eigenvalue weighted by Gasteiger charge is 2.56. The Hall–Kier alpha value is -2.04. The Balaban J connectivity index is 1.55. The van der Waals surface area contributed by atoms with Crippen molar-refractivity contribution in [3.05, 3.63) is 69.7 Å². The molecule has 0 bridgehead atoms. The van der Waals surface area contributed by atoms with Gasteiger partial charge in [-0.3, -0.25) is 9.59 Å². The molecule has 1 fully saturated rings. The van der Waals surface area contributed by atoms with Crippen molar-refractivity contribution in [2.75, 3.05) is 0 Å². The minimum absolute atomic E-state index is 0.237. The summed E-state index contributed by atoms with van der Waals surface area (Å²) in [5, 5.41) is 6.91. The molecular weight excluding hydrogens is 359 g/mol. The number of hydrogen-bond acceptors (Lipinski definition) is 2. The maximum atomic E-state index is 12.5. The molecule has 2 amide bonds. The minimum atomic E-state index is -0.951. The van der Waals surface area contributed by atoms with Gasteiger partial charge in [0, 0.05) is 23.1 Å². The van der Waals surface area contributed by atoms with Crippen molar-refractivity contribution >= 4 is 35.0 Å². The molecule has 0 saturated heterocycles. The third-order valence-electron chi connectivity index (χ3n) is 4.38. The average molecular weight is 377 g/mol. The van der Waals surface area contributed by atoms with Crippen LogP contribution in [0.5, 0.6) is 0 Å². The van der Waals surface area contributed by atoms with E-state index in [-0.39, 0.29) is 11.8 Å². The van der Waals surface area contributed by atoms with Gasteiger partial charge >= 0.3 is 0 Å². The largest absolute Gasteiger partial charge is 0.351 e. The molecule has 6 heteroatoms. The molecule has 25 heavy (non-hydrogen) atoms. The normalized spacial score (nSPS) is 14.6. The average Bonchev–Trinajstić information content (AvgIpc) is 3.42. The second-order valence-corrected chi connectivity index (χ2v) is 7.01. The summed E-state index contributed by atoms with van der Waals surface area (Å²) in [7, 11) is 0. The van der Waals surface area contributed by atoms with E-state index >= 15 is 0 Å². The van der Waals surface area contributed by atoms with E-state index in [9.17, 15) is 9.59 Å². The Morgan fingerprint density at radius 3 is 2.08 bits per heavy atom. The highest BCUT2D eigenvalue weighted by atomic mass is 35.5. The van der Waals surface area contributed by atoms with Crippen molar-refractivity contribution in [2.45, 2.75) is 25.9 Å². The van der Waals surface area contributed by atoms with Gasteiger partial charge in [0.2, 0.25) is 11.8 Å². The molecule has 130 valence electrons. The number of hydrogen-bond donors (Lipinski definition) is 2. The summed E-state index contributed by atoms with van der Waals surface area (Å²) in [5.41, 5.74) is 0.813. The SMILES string of the molecule is O=C(NCc1ccc(Cl)cc1)C1(C(=O)NCc2ccccc2Cl)CC1. The molecule has 0 aliphatic heterocycles. The fraction of sp³-hybridized carbons (Fsp3) is 0.263. The maximum Gasteiger partial charge on any atom is 0.235 e. The van der Waals surface area contributed by atoms with E-state index in [0.29, 0.717) is 36.0 Å². The number of benzene rings is 2. The zero-order valence-electron chi connectivity index (χ0n) is 13.5. The molecular formula is C19H18Cl2N2O2. The van der Waals surface area contributed by atoms with Crippen LogP contribution in [0.1, 0.15) is 24.0 Å². The van der Waals surface area contributed by atoms with E-state index in [2.05, 4.69) is 10.6 Å². The fourth-order valence-electron chi connectivity index (χ4n) is 2.62. The van der Waals surface area contributed by atoms with Gasteiger partial charge < -0.3 is 10.6 Å². The second kappa shape index (κ2) is 7.46. The number of halogens is 2. The number of rotatable bonds is 6. The Morgan fingerprint density at radius 1 is 0.880 bits per heavy atom. The Bertz CT molecular complexity index is 786. The summed E-state index contributed by atoms with van der Waals surface area (Å²) in [5.74, 6) is -0.486. The molecule has 2 N–H and O–H groups in total. The monoisotopic (exact) mass is 376 g/mol. The van der Waals surface area contributed by atoms with Crippen LogP contribution < -0.4 is 10.6 Å². The molecule has 0 radical (unpaired) electrons. The molecule has 4 nitrogen and oxygen atoms in total. The van der Waals surface area contributed by atoms with Crippen LogP contribution in [-0.4, -0.2) is 11.8 Å². The highest BCUT2D eigenvalue weighted by molar-refractivity contribution is 6.31. The van der Waals surface area contributed by atoms with Gasteiger partial charge in [-0.1, -0.05) is 53.5 Å². The lowest BCUT2D eigenvalue weighted by Gasteiger charge is -2.16. The van der Waals surface area contributed by atoms with Crippen molar-refractivity contribution < 1.29 is 9.59 Å². The van der Waals surface area contributed by atoms with Crippen molar-refractivity contribution in [3.63, 3.8) is 0 Å².